The average Bonchev–Trinajstić information content (AvgIpc) is 3.48. The maximum atomic E-state index is 8.54. The van der Waals surface area contributed by atoms with Gasteiger partial charge in [0.05, 0.1) is 43.5 Å². The molecule has 3 aromatic carbocycles. The molecular formula is C36H46N2O4S. The van der Waals surface area contributed by atoms with Crippen LogP contribution in [0.2, 0.25) is 0 Å². The van der Waals surface area contributed by atoms with Crippen molar-refractivity contribution in [1.82, 2.24) is 9.97 Å². The monoisotopic (exact) mass is 602 g/mol. The molecule has 230 valence electrons. The number of rotatable bonds is 7. The van der Waals surface area contributed by atoms with E-state index in [4.69, 9.17) is 19.7 Å². The molecule has 0 spiro atoms. The van der Waals surface area contributed by atoms with Crippen LogP contribution in [-0.2, 0) is 29.3 Å². The molecule has 3 atom stereocenters. The van der Waals surface area contributed by atoms with Crippen molar-refractivity contribution in [3.05, 3.63) is 142 Å². The lowest BCUT2D eigenvalue weighted by Crippen LogP contribution is -2.14. The normalized spacial score (nSPS) is 16.7. The highest BCUT2D eigenvalue weighted by Crippen LogP contribution is 2.38. The summed E-state index contributed by atoms with van der Waals surface area (Å²) in [4.78, 5) is 9.52. The predicted molar refractivity (Wildman–Crippen MR) is 176 cm³/mol. The molecule has 0 radical (unpaired) electrons. The molecule has 0 amide bonds. The van der Waals surface area contributed by atoms with Crippen molar-refractivity contribution < 1.29 is 19.7 Å². The standard InChI is InChI=1S/C20H24N2O2S.2C7H8O.C2H6/c1-15-9-21-14-22-10-19(25-13-15)20-16(2)8-18(24-20)12-23-11-17-6-4-3-5-7-17;2*8-6-7-4-2-1-3-5-7;1-2/h3-7,9-10,13-14,16,18,20H,8,11-12H2,1-2H3;2*1-5,8H,6H2;1-2H3/t16?,18?,20-;;;/m1.../s1. The van der Waals surface area contributed by atoms with E-state index in [-0.39, 0.29) is 25.4 Å². The van der Waals surface area contributed by atoms with E-state index in [1.54, 1.807) is 17.7 Å². The van der Waals surface area contributed by atoms with E-state index in [2.05, 4.69) is 34.4 Å². The number of hydrogen-bond acceptors (Lipinski definition) is 7. The molecule has 2 heterocycles. The van der Waals surface area contributed by atoms with Gasteiger partial charge in [0.1, 0.15) is 6.33 Å². The Morgan fingerprint density at radius 2 is 1.30 bits per heavy atom. The summed E-state index contributed by atoms with van der Waals surface area (Å²) in [5.41, 5.74) is 4.23. The van der Waals surface area contributed by atoms with E-state index in [9.17, 15) is 0 Å². The van der Waals surface area contributed by atoms with Gasteiger partial charge in [0, 0.05) is 12.4 Å². The number of aryl methyl sites for hydroxylation is 1. The molecule has 4 aromatic rings. The van der Waals surface area contributed by atoms with E-state index in [1.807, 2.05) is 112 Å². The smallest absolute Gasteiger partial charge is 0.115 e. The first-order chi connectivity index (χ1) is 21.1. The zero-order valence-electron chi connectivity index (χ0n) is 25.8. The summed E-state index contributed by atoms with van der Waals surface area (Å²) in [6.45, 7) is 9.79. The Kier molecular flexibility index (Phi) is 18.4. The molecule has 0 saturated carbocycles. The molecule has 7 heteroatoms. The first-order valence-electron chi connectivity index (χ1n) is 14.7. The fourth-order valence-corrected chi connectivity index (χ4v) is 5.02. The Balaban J connectivity index is 0.000000291. The van der Waals surface area contributed by atoms with E-state index >= 15 is 0 Å². The minimum absolute atomic E-state index is 0.0645. The second kappa shape index (κ2) is 22.1. The van der Waals surface area contributed by atoms with Gasteiger partial charge in [-0.05, 0) is 46.9 Å². The van der Waals surface area contributed by atoms with Gasteiger partial charge < -0.3 is 19.7 Å². The van der Waals surface area contributed by atoms with Gasteiger partial charge in [-0.25, -0.2) is 9.97 Å². The fraction of sp³-hybridized carbons (Fsp3) is 0.333. The lowest BCUT2D eigenvalue weighted by atomic mass is 10.0. The van der Waals surface area contributed by atoms with Crippen molar-refractivity contribution in [3.8, 4) is 0 Å². The number of aliphatic hydroxyl groups excluding tert-OH is 2. The Bertz CT molecular complexity index is 1250. The van der Waals surface area contributed by atoms with Gasteiger partial charge in [-0.15, -0.1) is 11.3 Å². The van der Waals surface area contributed by atoms with Crippen molar-refractivity contribution in [2.75, 3.05) is 6.61 Å². The van der Waals surface area contributed by atoms with E-state index in [1.165, 1.54) is 5.56 Å². The summed E-state index contributed by atoms with van der Waals surface area (Å²) in [5, 5.41) is 19.2. The molecule has 1 saturated heterocycles. The summed E-state index contributed by atoms with van der Waals surface area (Å²) in [6.07, 6.45) is 6.44. The minimum Gasteiger partial charge on any atom is -0.392 e. The number of aliphatic hydroxyl groups is 2. The van der Waals surface area contributed by atoms with Crippen LogP contribution in [0.4, 0.5) is 0 Å². The molecule has 0 aliphatic carbocycles. The highest BCUT2D eigenvalue weighted by atomic mass is 32.1. The number of hydrogen-bond donors (Lipinski definition) is 2. The van der Waals surface area contributed by atoms with Crippen LogP contribution < -0.4 is 0 Å². The first-order valence-corrected chi connectivity index (χ1v) is 15.6. The molecule has 6 nitrogen and oxygen atoms in total. The topological polar surface area (TPSA) is 84.7 Å². The fourth-order valence-electron chi connectivity index (χ4n) is 4.10. The van der Waals surface area contributed by atoms with Crippen LogP contribution in [0, 0.1) is 12.8 Å². The molecule has 2 N–H and O–H groups in total. The van der Waals surface area contributed by atoms with Crippen molar-refractivity contribution in [1.29, 1.82) is 0 Å². The Morgan fingerprint density at radius 3 is 1.81 bits per heavy atom. The third kappa shape index (κ3) is 14.5. The molecule has 1 fully saturated rings. The van der Waals surface area contributed by atoms with Crippen molar-refractivity contribution in [3.63, 3.8) is 0 Å². The highest BCUT2D eigenvalue weighted by Gasteiger charge is 2.33. The molecule has 5 rings (SSSR count). The minimum atomic E-state index is 0.0645. The lowest BCUT2D eigenvalue weighted by molar-refractivity contribution is -0.0227. The van der Waals surface area contributed by atoms with Gasteiger partial charge in [0.25, 0.3) is 0 Å². The van der Waals surface area contributed by atoms with Crippen molar-refractivity contribution in [2.24, 2.45) is 5.92 Å². The molecule has 2 unspecified atom stereocenters. The summed E-state index contributed by atoms with van der Waals surface area (Å²) < 4.78 is 12.1. The zero-order chi connectivity index (χ0) is 31.1. The van der Waals surface area contributed by atoms with Crippen LogP contribution in [-0.4, -0.2) is 32.9 Å². The largest absolute Gasteiger partial charge is 0.392 e. The highest BCUT2D eigenvalue weighted by molar-refractivity contribution is 7.09. The number of benzene rings is 3. The van der Waals surface area contributed by atoms with Crippen LogP contribution in [0.1, 0.15) is 60.4 Å². The van der Waals surface area contributed by atoms with Gasteiger partial charge in [-0.1, -0.05) is 112 Å². The third-order valence-electron chi connectivity index (χ3n) is 6.23. The second-order valence-electron chi connectivity index (χ2n) is 9.73. The quantitative estimate of drug-likeness (QED) is 0.223. The second-order valence-corrected chi connectivity index (χ2v) is 10.7. The van der Waals surface area contributed by atoms with Gasteiger partial charge in [-0.3, -0.25) is 0 Å². The summed E-state index contributed by atoms with van der Waals surface area (Å²) in [7, 11) is 0. The molecule has 1 aliphatic rings. The van der Waals surface area contributed by atoms with Crippen LogP contribution in [0.3, 0.4) is 0 Å². The third-order valence-corrected chi connectivity index (χ3v) is 7.33. The Labute approximate surface area is 261 Å². The predicted octanol–water partition coefficient (Wildman–Crippen LogP) is 8.04. The van der Waals surface area contributed by atoms with Crippen molar-refractivity contribution in [2.45, 2.75) is 66.1 Å². The Hall–Kier alpha value is -3.46. The van der Waals surface area contributed by atoms with E-state index < -0.39 is 0 Å². The number of aromatic nitrogens is 2. The lowest BCUT2D eigenvalue weighted by Gasteiger charge is -2.14. The molecule has 43 heavy (non-hydrogen) atoms. The summed E-state index contributed by atoms with van der Waals surface area (Å²) >= 11 is 1.67. The van der Waals surface area contributed by atoms with Gasteiger partial charge in [0.15, 0.2) is 0 Å². The molecular weight excluding hydrogens is 556 g/mol. The van der Waals surface area contributed by atoms with Gasteiger partial charge in [-0.2, -0.15) is 0 Å². The maximum absolute atomic E-state index is 8.54. The van der Waals surface area contributed by atoms with Crippen LogP contribution in [0.5, 0.6) is 0 Å². The SMILES string of the molecule is CC.Cc1cncncc([C@@H]2OC(COCc3ccccc3)CC2C)sc1.OCc1ccccc1.OCc1ccccc1. The summed E-state index contributed by atoms with van der Waals surface area (Å²) in [5.74, 6) is 0.439. The first kappa shape index (κ1) is 35.7. The molecule has 1 aromatic heterocycles. The molecule has 0 bridgehead atoms. The van der Waals surface area contributed by atoms with Gasteiger partial charge >= 0.3 is 0 Å². The number of nitrogens with zero attached hydrogens (tertiary/aromatic N) is 2. The van der Waals surface area contributed by atoms with Crippen LogP contribution >= 0.6 is 11.3 Å². The number of ether oxygens (including phenoxy) is 2. The van der Waals surface area contributed by atoms with Crippen molar-refractivity contribution >= 4 is 11.3 Å². The Morgan fingerprint density at radius 1 is 0.791 bits per heavy atom. The van der Waals surface area contributed by atoms with E-state index in [0.29, 0.717) is 19.1 Å². The average molecular weight is 603 g/mol. The zero-order valence-corrected chi connectivity index (χ0v) is 26.6. The summed E-state index contributed by atoms with van der Waals surface area (Å²) in [6, 6.07) is 29.3. The van der Waals surface area contributed by atoms with Crippen LogP contribution in [0.25, 0.3) is 0 Å². The van der Waals surface area contributed by atoms with Crippen LogP contribution in [0.15, 0.2) is 115 Å². The maximum Gasteiger partial charge on any atom is 0.115 e. The molecule has 1 aliphatic heterocycles. The van der Waals surface area contributed by atoms with E-state index in [0.717, 1.165) is 28.0 Å². The van der Waals surface area contributed by atoms with Gasteiger partial charge in [0.2, 0.25) is 0 Å².